The van der Waals surface area contributed by atoms with Gasteiger partial charge in [0, 0.05) is 16.8 Å². The average Bonchev–Trinajstić information content (AvgIpc) is 3.08. The Morgan fingerprint density at radius 2 is 1.80 bits per heavy atom. The molecule has 0 aliphatic carbocycles. The number of hydrogen-bond acceptors (Lipinski definition) is 4. The molecule has 0 aliphatic heterocycles. The Morgan fingerprint density at radius 1 is 1.00 bits per heavy atom. The second-order valence-corrected chi connectivity index (χ2v) is 6.04. The van der Waals surface area contributed by atoms with E-state index in [1.807, 2.05) is 39.0 Å². The van der Waals surface area contributed by atoms with Gasteiger partial charge in [0.25, 0.3) is 6.43 Å². The zero-order valence-corrected chi connectivity index (χ0v) is 14.3. The molecule has 1 heterocycles. The molecule has 25 heavy (non-hydrogen) atoms. The Labute approximate surface area is 144 Å². The van der Waals surface area contributed by atoms with Gasteiger partial charge in [-0.25, -0.2) is 8.78 Å². The van der Waals surface area contributed by atoms with Crippen molar-refractivity contribution in [1.29, 1.82) is 0 Å². The molecule has 2 aromatic carbocycles. The average molecular weight is 343 g/mol. The highest BCUT2D eigenvalue weighted by atomic mass is 19.3. The van der Waals surface area contributed by atoms with Crippen LogP contribution in [0.4, 0.5) is 14.5 Å². The number of nitrogens with zero attached hydrogens (tertiary/aromatic N) is 2. The van der Waals surface area contributed by atoms with Crippen molar-refractivity contribution in [3.05, 3.63) is 65.0 Å². The minimum Gasteiger partial charge on any atom is -0.418 e. The summed E-state index contributed by atoms with van der Waals surface area (Å²) in [5.41, 5.74) is 3.74. The van der Waals surface area contributed by atoms with Crippen molar-refractivity contribution in [3.63, 3.8) is 0 Å². The van der Waals surface area contributed by atoms with E-state index in [4.69, 9.17) is 4.42 Å². The first-order chi connectivity index (χ1) is 11.9. The van der Waals surface area contributed by atoms with E-state index in [9.17, 15) is 8.78 Å². The molecule has 0 saturated heterocycles. The first-order valence-electron chi connectivity index (χ1n) is 7.99. The third-order valence-electron chi connectivity index (χ3n) is 4.09. The van der Waals surface area contributed by atoms with Gasteiger partial charge < -0.3 is 9.73 Å². The summed E-state index contributed by atoms with van der Waals surface area (Å²) in [5, 5.41) is 11.3. The van der Waals surface area contributed by atoms with Crippen LogP contribution in [0.15, 0.2) is 46.9 Å². The summed E-state index contributed by atoms with van der Waals surface area (Å²) in [6.45, 7) is 5.90. The third-order valence-corrected chi connectivity index (χ3v) is 4.09. The van der Waals surface area contributed by atoms with Crippen LogP contribution in [0.3, 0.4) is 0 Å². The molecule has 0 fully saturated rings. The van der Waals surface area contributed by atoms with Crippen molar-refractivity contribution in [2.24, 2.45) is 0 Å². The van der Waals surface area contributed by atoms with Gasteiger partial charge in [0.1, 0.15) is 6.04 Å². The lowest BCUT2D eigenvalue weighted by Crippen LogP contribution is -2.07. The fourth-order valence-corrected chi connectivity index (χ4v) is 2.48. The molecule has 0 radical (unpaired) electrons. The van der Waals surface area contributed by atoms with Crippen LogP contribution >= 0.6 is 0 Å². The van der Waals surface area contributed by atoms with Gasteiger partial charge in [-0.1, -0.05) is 18.2 Å². The number of benzene rings is 2. The van der Waals surface area contributed by atoms with Gasteiger partial charge in [0.2, 0.25) is 11.8 Å². The predicted molar refractivity (Wildman–Crippen MR) is 92.6 cm³/mol. The van der Waals surface area contributed by atoms with E-state index in [-0.39, 0.29) is 11.6 Å². The van der Waals surface area contributed by atoms with Crippen LogP contribution in [0, 0.1) is 13.8 Å². The van der Waals surface area contributed by atoms with Crippen LogP contribution in [0.5, 0.6) is 0 Å². The summed E-state index contributed by atoms with van der Waals surface area (Å²) in [5.74, 6) is 0.837. The number of alkyl halides is 2. The Bertz CT molecular complexity index is 877. The van der Waals surface area contributed by atoms with Crippen LogP contribution in [-0.4, -0.2) is 10.2 Å². The minimum absolute atomic E-state index is 0.0291. The van der Waals surface area contributed by atoms with E-state index in [0.29, 0.717) is 17.5 Å². The van der Waals surface area contributed by atoms with Crippen LogP contribution < -0.4 is 5.32 Å². The normalized spacial score (nSPS) is 12.4. The standard InChI is InChI=1S/C19H19F2N3O/c1-11-7-8-15(9-12(11)2)19-24-23-18(25-19)13(3)22-16-6-4-5-14(10-16)17(20)21/h4-10,13,17,22H,1-3H3/t13-/m1/s1. The number of nitrogens with one attached hydrogen (secondary N) is 1. The van der Waals surface area contributed by atoms with E-state index in [1.165, 1.54) is 17.7 Å². The van der Waals surface area contributed by atoms with Gasteiger partial charge in [-0.15, -0.1) is 10.2 Å². The molecule has 1 atom stereocenters. The lowest BCUT2D eigenvalue weighted by molar-refractivity contribution is 0.151. The molecule has 1 aromatic heterocycles. The first kappa shape index (κ1) is 17.1. The second-order valence-electron chi connectivity index (χ2n) is 6.04. The van der Waals surface area contributed by atoms with Crippen molar-refractivity contribution in [1.82, 2.24) is 10.2 Å². The topological polar surface area (TPSA) is 51.0 Å². The van der Waals surface area contributed by atoms with Crippen molar-refractivity contribution in [2.45, 2.75) is 33.2 Å². The summed E-state index contributed by atoms with van der Waals surface area (Å²) in [6.07, 6.45) is -2.50. The summed E-state index contributed by atoms with van der Waals surface area (Å²) in [7, 11) is 0. The molecule has 0 amide bonds. The number of rotatable bonds is 5. The maximum Gasteiger partial charge on any atom is 0.263 e. The molecule has 0 aliphatic rings. The Morgan fingerprint density at radius 3 is 2.52 bits per heavy atom. The van der Waals surface area contributed by atoms with E-state index >= 15 is 0 Å². The number of hydrogen-bond donors (Lipinski definition) is 1. The molecule has 0 saturated carbocycles. The fourth-order valence-electron chi connectivity index (χ4n) is 2.48. The number of aryl methyl sites for hydroxylation is 2. The number of halogens is 2. The first-order valence-corrected chi connectivity index (χ1v) is 7.99. The van der Waals surface area contributed by atoms with Gasteiger partial charge in [0.05, 0.1) is 0 Å². The van der Waals surface area contributed by atoms with Crippen LogP contribution in [0.2, 0.25) is 0 Å². The minimum atomic E-state index is -2.50. The molecule has 0 bridgehead atoms. The molecule has 3 aromatic rings. The second kappa shape index (κ2) is 7.01. The Kier molecular flexibility index (Phi) is 4.79. The smallest absolute Gasteiger partial charge is 0.263 e. The van der Waals surface area contributed by atoms with E-state index in [2.05, 4.69) is 15.5 Å². The van der Waals surface area contributed by atoms with Gasteiger partial charge in [-0.3, -0.25) is 0 Å². The summed E-state index contributed by atoms with van der Waals surface area (Å²) < 4.78 is 31.3. The monoisotopic (exact) mass is 343 g/mol. The van der Waals surface area contributed by atoms with Crippen molar-refractivity contribution >= 4 is 5.69 Å². The summed E-state index contributed by atoms with van der Waals surface area (Å²) in [6, 6.07) is 11.8. The maximum absolute atomic E-state index is 12.8. The van der Waals surface area contributed by atoms with E-state index in [0.717, 1.165) is 11.1 Å². The third kappa shape index (κ3) is 3.84. The van der Waals surface area contributed by atoms with Crippen LogP contribution in [-0.2, 0) is 0 Å². The molecule has 1 N–H and O–H groups in total. The molecule has 0 spiro atoms. The molecule has 4 nitrogen and oxygen atoms in total. The van der Waals surface area contributed by atoms with Crippen molar-refractivity contribution in [2.75, 3.05) is 5.32 Å². The lowest BCUT2D eigenvalue weighted by atomic mass is 10.1. The van der Waals surface area contributed by atoms with E-state index in [1.54, 1.807) is 12.1 Å². The number of anilines is 1. The fraction of sp³-hybridized carbons (Fsp3) is 0.263. The lowest BCUT2D eigenvalue weighted by Gasteiger charge is -2.12. The highest BCUT2D eigenvalue weighted by molar-refractivity contribution is 5.55. The summed E-state index contributed by atoms with van der Waals surface area (Å²) >= 11 is 0. The van der Waals surface area contributed by atoms with Crippen LogP contribution in [0.1, 0.15) is 42.0 Å². The largest absolute Gasteiger partial charge is 0.418 e. The highest BCUT2D eigenvalue weighted by Gasteiger charge is 2.16. The van der Waals surface area contributed by atoms with Gasteiger partial charge in [0.15, 0.2) is 0 Å². The molecular weight excluding hydrogens is 324 g/mol. The predicted octanol–water partition coefficient (Wildman–Crippen LogP) is 5.46. The molecule has 0 unspecified atom stereocenters. The van der Waals surface area contributed by atoms with E-state index < -0.39 is 6.43 Å². The zero-order valence-electron chi connectivity index (χ0n) is 14.3. The molecular formula is C19H19F2N3O. The van der Waals surface area contributed by atoms with Crippen molar-refractivity contribution < 1.29 is 13.2 Å². The summed E-state index contributed by atoms with van der Waals surface area (Å²) in [4.78, 5) is 0. The van der Waals surface area contributed by atoms with Crippen molar-refractivity contribution in [3.8, 4) is 11.5 Å². The number of aromatic nitrogens is 2. The zero-order chi connectivity index (χ0) is 18.0. The Hall–Kier alpha value is -2.76. The Balaban J connectivity index is 1.77. The van der Waals surface area contributed by atoms with Crippen LogP contribution in [0.25, 0.3) is 11.5 Å². The molecule has 3 rings (SSSR count). The van der Waals surface area contributed by atoms with Gasteiger partial charge in [-0.2, -0.15) is 0 Å². The highest BCUT2D eigenvalue weighted by Crippen LogP contribution is 2.26. The maximum atomic E-state index is 12.8. The quantitative estimate of drug-likeness (QED) is 0.668. The molecule has 130 valence electrons. The SMILES string of the molecule is Cc1ccc(-c2nnc([C@@H](C)Nc3cccc(C(F)F)c3)o2)cc1C. The van der Waals surface area contributed by atoms with Gasteiger partial charge >= 0.3 is 0 Å². The van der Waals surface area contributed by atoms with Gasteiger partial charge in [-0.05, 0) is 56.2 Å². The molecule has 6 heteroatoms.